The van der Waals surface area contributed by atoms with Gasteiger partial charge in [-0.15, -0.1) is 11.3 Å². The molecule has 8 rings (SSSR count). The summed E-state index contributed by atoms with van der Waals surface area (Å²) in [5.41, 5.74) is -4.32. The predicted molar refractivity (Wildman–Crippen MR) is 227 cm³/mol. The lowest BCUT2D eigenvalue weighted by Gasteiger charge is -2.46. The summed E-state index contributed by atoms with van der Waals surface area (Å²) in [6.07, 6.45) is -0.505. The van der Waals surface area contributed by atoms with Gasteiger partial charge in [-0.05, 0) is 85.8 Å². The number of pyridine rings is 1. The van der Waals surface area contributed by atoms with Crippen molar-refractivity contribution in [3.63, 3.8) is 0 Å². The number of ether oxygens (including phenoxy) is 3. The van der Waals surface area contributed by atoms with E-state index in [-0.39, 0.29) is 93.7 Å². The molecule has 1 N–H and O–H groups in total. The highest BCUT2D eigenvalue weighted by Crippen LogP contribution is 2.49. The minimum absolute atomic E-state index is 0.0164. The number of benzene rings is 1. The number of hydrogen-bond donors (Lipinski definition) is 1. The van der Waals surface area contributed by atoms with Gasteiger partial charge >= 0.3 is 18.2 Å². The topological polar surface area (TPSA) is 146 Å². The number of carbonyl (C=O) groups is 2. The molecule has 0 spiro atoms. The van der Waals surface area contributed by atoms with E-state index in [0.29, 0.717) is 30.7 Å². The van der Waals surface area contributed by atoms with Crippen LogP contribution in [0.3, 0.4) is 0 Å². The number of piperazine rings is 1. The molecule has 3 aromatic heterocycles. The van der Waals surface area contributed by atoms with Gasteiger partial charge in [-0.3, -0.25) is 15.2 Å². The normalized spacial score (nSPS) is 21.3. The lowest BCUT2D eigenvalue weighted by Crippen LogP contribution is -2.60. The fourth-order valence-electron chi connectivity index (χ4n) is 9.26. The molecule has 7 heterocycles. The van der Waals surface area contributed by atoms with Crippen molar-refractivity contribution in [2.24, 2.45) is 0 Å². The van der Waals surface area contributed by atoms with Gasteiger partial charge in [0.05, 0.1) is 50.7 Å². The van der Waals surface area contributed by atoms with Gasteiger partial charge < -0.3 is 24.0 Å². The number of anilines is 2. The van der Waals surface area contributed by atoms with Crippen LogP contribution in [0.4, 0.5) is 42.4 Å². The van der Waals surface area contributed by atoms with E-state index >= 15 is 13.2 Å². The smallest absolute Gasteiger partial charge is 0.412 e. The molecule has 4 aliphatic heterocycles. The number of carbonyl (C=O) groups excluding carboxylic acids is 2. The van der Waals surface area contributed by atoms with E-state index < -0.39 is 81.3 Å². The molecule has 0 radical (unpaired) electrons. The summed E-state index contributed by atoms with van der Waals surface area (Å²) in [4.78, 5) is 45.4. The van der Waals surface area contributed by atoms with Crippen LogP contribution >= 0.6 is 11.3 Å². The van der Waals surface area contributed by atoms with Crippen LogP contribution in [0.25, 0.3) is 37.8 Å². The number of nitrogens with one attached hydrogen (secondary N) is 1. The SMILES string of the molecule is C=C1C[C@@H]2CN(C(=O)OC(C)(C)C)[C@H](CC)CN2c2nc(OC[C@@]34CCCN3CC(=C(F)F)C4)nc3c(F)c(-c4ncc(F)c5sc(NC(=O)OC(C)(C)C)c(C#N)c45)c(F)c1c23. The molecule has 3 atom stereocenters. The van der Waals surface area contributed by atoms with Crippen molar-refractivity contribution in [1.82, 2.24) is 24.8 Å². The van der Waals surface area contributed by atoms with Crippen LogP contribution in [-0.2, 0) is 9.47 Å². The largest absolute Gasteiger partial charge is 0.461 e. The molecular weight excluding hydrogens is 848 g/mol. The Balaban J connectivity index is 1.32. The van der Waals surface area contributed by atoms with Crippen molar-refractivity contribution in [3.8, 4) is 23.3 Å². The Kier molecular flexibility index (Phi) is 11.1. The molecule has 0 unspecified atom stereocenters. The number of rotatable bonds is 6. The number of thiophene rings is 1. The van der Waals surface area contributed by atoms with Gasteiger partial charge in [0.15, 0.2) is 11.6 Å². The first-order chi connectivity index (χ1) is 29.6. The minimum atomic E-state index is -1.74. The maximum absolute atomic E-state index is 17.7. The third kappa shape index (κ3) is 7.89. The summed E-state index contributed by atoms with van der Waals surface area (Å²) < 4.78 is 96.0. The van der Waals surface area contributed by atoms with Crippen LogP contribution in [0.2, 0.25) is 0 Å². The van der Waals surface area contributed by atoms with E-state index in [9.17, 15) is 23.6 Å². The molecule has 3 fully saturated rings. The molecule has 4 aromatic rings. The Labute approximate surface area is 364 Å². The zero-order valence-corrected chi connectivity index (χ0v) is 36.8. The van der Waals surface area contributed by atoms with Crippen molar-refractivity contribution < 1.29 is 45.8 Å². The number of halogens is 5. The van der Waals surface area contributed by atoms with Crippen molar-refractivity contribution >= 4 is 60.9 Å². The first kappa shape index (κ1) is 44.0. The minimum Gasteiger partial charge on any atom is -0.461 e. The van der Waals surface area contributed by atoms with E-state index in [4.69, 9.17) is 19.2 Å². The van der Waals surface area contributed by atoms with E-state index in [1.807, 2.05) is 22.8 Å². The Bertz CT molecular complexity index is 2670. The van der Waals surface area contributed by atoms with E-state index in [0.717, 1.165) is 12.6 Å². The fourth-order valence-corrected chi connectivity index (χ4v) is 10.3. The molecule has 1 aromatic carbocycles. The first-order valence-corrected chi connectivity index (χ1v) is 21.5. The van der Waals surface area contributed by atoms with Crippen molar-refractivity contribution in [1.29, 1.82) is 5.26 Å². The first-order valence-electron chi connectivity index (χ1n) is 20.7. The van der Waals surface area contributed by atoms with Crippen LogP contribution < -0.4 is 15.0 Å². The Hall–Kier alpha value is -5.61. The third-order valence-electron chi connectivity index (χ3n) is 11.9. The lowest BCUT2D eigenvalue weighted by molar-refractivity contribution is 0.0101. The van der Waals surface area contributed by atoms with Gasteiger partial charge in [-0.2, -0.15) is 24.0 Å². The molecule has 4 aliphatic rings. The molecule has 3 saturated heterocycles. The Morgan fingerprint density at radius 1 is 1.05 bits per heavy atom. The van der Waals surface area contributed by atoms with Gasteiger partial charge in [0.2, 0.25) is 0 Å². The highest BCUT2D eigenvalue weighted by Gasteiger charge is 2.49. The maximum Gasteiger partial charge on any atom is 0.412 e. The van der Waals surface area contributed by atoms with Crippen LogP contribution in [-0.4, -0.2) is 98.5 Å². The van der Waals surface area contributed by atoms with Gasteiger partial charge in [-0.1, -0.05) is 13.5 Å². The number of aromatic nitrogens is 3. The molecule has 2 amide bonds. The number of amides is 2. The van der Waals surface area contributed by atoms with Crippen molar-refractivity contribution in [2.75, 3.05) is 43.0 Å². The van der Waals surface area contributed by atoms with Gasteiger partial charge in [0.1, 0.15) is 46.0 Å². The highest BCUT2D eigenvalue weighted by molar-refractivity contribution is 7.23. The second-order valence-electron chi connectivity index (χ2n) is 18.5. The summed E-state index contributed by atoms with van der Waals surface area (Å²) in [6, 6.07) is 0.650. The monoisotopic (exact) mass is 894 g/mol. The van der Waals surface area contributed by atoms with Gasteiger partial charge in [0.25, 0.3) is 6.08 Å². The second-order valence-corrected chi connectivity index (χ2v) is 19.5. The Morgan fingerprint density at radius 2 is 1.78 bits per heavy atom. The molecule has 334 valence electrons. The number of fused-ring (bicyclic) bond motifs is 4. The third-order valence-corrected chi connectivity index (χ3v) is 13.0. The zero-order chi connectivity index (χ0) is 45.5. The average molecular weight is 895 g/mol. The predicted octanol–water partition coefficient (Wildman–Crippen LogP) is 9.93. The van der Waals surface area contributed by atoms with E-state index in [1.165, 1.54) is 0 Å². The average Bonchev–Trinajstić information content (AvgIpc) is 3.85. The quantitative estimate of drug-likeness (QED) is 0.185. The van der Waals surface area contributed by atoms with E-state index in [2.05, 4.69) is 21.9 Å². The molecule has 0 aliphatic carbocycles. The second kappa shape index (κ2) is 15.9. The molecule has 19 heteroatoms. The molecule has 0 bridgehead atoms. The van der Waals surface area contributed by atoms with Crippen LogP contribution in [0.5, 0.6) is 6.01 Å². The van der Waals surface area contributed by atoms with Crippen LogP contribution in [0, 0.1) is 28.8 Å². The summed E-state index contributed by atoms with van der Waals surface area (Å²) in [5, 5.41) is 12.5. The summed E-state index contributed by atoms with van der Waals surface area (Å²) in [7, 11) is 0. The van der Waals surface area contributed by atoms with Crippen LogP contribution in [0.15, 0.2) is 24.4 Å². The number of hydrogen-bond acceptors (Lipinski definition) is 12. The standard InChI is InChI=1S/C44H47F5N8O5S/c1-9-23-18-56-24(19-57(23)41(59)62-43(6,7)8)13-21(2)27-29-34(52-39(53-37(29)56)60-20-44-11-10-12-55(44)17-22(14-44)36(48)49)32(47)30(31(27)46)33-28-25(15-50)38(54-40(58)61-42(3,4)5)63-35(28)26(45)16-51-33/h16,23-24H,2,9-14,17-20H2,1,3-8H3,(H,54,58)/t23-,24-,44+/m1/s1. The molecule has 63 heavy (non-hydrogen) atoms. The molecule has 13 nitrogen and oxygen atoms in total. The van der Waals surface area contributed by atoms with Gasteiger partial charge in [0, 0.05) is 36.2 Å². The molecule has 0 saturated carbocycles. The summed E-state index contributed by atoms with van der Waals surface area (Å²) >= 11 is 0.672. The van der Waals surface area contributed by atoms with Crippen LogP contribution in [0.1, 0.15) is 91.7 Å². The fraction of sp³-hybridized carbons (Fsp3) is 0.500. The summed E-state index contributed by atoms with van der Waals surface area (Å²) in [6.45, 7) is 17.2. The Morgan fingerprint density at radius 3 is 2.44 bits per heavy atom. The zero-order valence-electron chi connectivity index (χ0n) is 36.0. The molecular formula is C44H47F5N8O5S. The maximum atomic E-state index is 17.7. The highest BCUT2D eigenvalue weighted by atomic mass is 32.1. The lowest BCUT2D eigenvalue weighted by atomic mass is 9.92. The van der Waals surface area contributed by atoms with Gasteiger partial charge in [-0.25, -0.2) is 22.8 Å². The summed E-state index contributed by atoms with van der Waals surface area (Å²) in [5.74, 6) is -3.16. The number of nitriles is 1. The van der Waals surface area contributed by atoms with Crippen molar-refractivity contribution in [2.45, 2.75) is 109 Å². The van der Waals surface area contributed by atoms with Crippen molar-refractivity contribution in [3.05, 3.63) is 53.0 Å². The number of nitrogens with zero attached hydrogens (tertiary/aromatic N) is 7. The van der Waals surface area contributed by atoms with E-state index in [1.54, 1.807) is 46.4 Å².